The van der Waals surface area contributed by atoms with E-state index in [9.17, 15) is 4.79 Å². The maximum Gasteiger partial charge on any atom is 0.223 e. The Hall–Kier alpha value is -1.35. The van der Waals surface area contributed by atoms with E-state index in [0.29, 0.717) is 23.9 Å². The molecule has 0 aromatic heterocycles. The highest BCUT2D eigenvalue weighted by atomic mass is 16.1. The predicted octanol–water partition coefficient (Wildman–Crippen LogP) is 2.90. The van der Waals surface area contributed by atoms with Crippen molar-refractivity contribution in [2.24, 2.45) is 11.8 Å². The molecule has 0 spiro atoms. The molecule has 3 heteroatoms. The lowest BCUT2D eigenvalue weighted by Crippen LogP contribution is -2.46. The number of benzene rings is 1. The van der Waals surface area contributed by atoms with Gasteiger partial charge in [0, 0.05) is 18.0 Å². The van der Waals surface area contributed by atoms with Gasteiger partial charge < -0.3 is 10.6 Å². The molecule has 2 aliphatic rings. The van der Waals surface area contributed by atoms with Gasteiger partial charge in [0.2, 0.25) is 5.91 Å². The van der Waals surface area contributed by atoms with Crippen LogP contribution >= 0.6 is 0 Å². The van der Waals surface area contributed by atoms with Gasteiger partial charge in [-0.2, -0.15) is 0 Å². The summed E-state index contributed by atoms with van der Waals surface area (Å²) in [5, 5.41) is 6.79. The van der Waals surface area contributed by atoms with Crippen LogP contribution in [0.3, 0.4) is 0 Å². The summed E-state index contributed by atoms with van der Waals surface area (Å²) in [4.78, 5) is 12.6. The van der Waals surface area contributed by atoms with Gasteiger partial charge in [-0.3, -0.25) is 4.79 Å². The molecule has 1 saturated carbocycles. The highest BCUT2D eigenvalue weighted by Gasteiger charge is 2.31. The fraction of sp³-hybridized carbons (Fsp3) is 0.632. The van der Waals surface area contributed by atoms with Crippen molar-refractivity contribution in [3.8, 4) is 0 Å². The van der Waals surface area contributed by atoms with Crippen molar-refractivity contribution in [2.75, 3.05) is 6.54 Å². The largest absolute Gasteiger partial charge is 0.353 e. The smallest absolute Gasteiger partial charge is 0.223 e. The summed E-state index contributed by atoms with van der Waals surface area (Å²) in [7, 11) is 0. The molecule has 3 rings (SSSR count). The van der Waals surface area contributed by atoms with Crippen LogP contribution in [-0.2, 0) is 11.2 Å². The average Bonchev–Trinajstić information content (AvgIpc) is 2.95. The maximum absolute atomic E-state index is 12.6. The first-order valence-electron chi connectivity index (χ1n) is 8.80. The van der Waals surface area contributed by atoms with E-state index in [-0.39, 0.29) is 5.92 Å². The molecule has 1 aliphatic heterocycles. The predicted molar refractivity (Wildman–Crippen MR) is 89.6 cm³/mol. The SMILES string of the molecule is C[C@H]1C[C@@H](C(=O)NC2CCCC2Cc2ccccc2)CCN1. The van der Waals surface area contributed by atoms with E-state index < -0.39 is 0 Å². The lowest BCUT2D eigenvalue weighted by atomic mass is 9.90. The second-order valence-electron chi connectivity index (χ2n) is 7.07. The third-order valence-electron chi connectivity index (χ3n) is 5.32. The van der Waals surface area contributed by atoms with E-state index in [4.69, 9.17) is 0 Å². The molecule has 120 valence electrons. The molecule has 1 aromatic rings. The molecule has 4 atom stereocenters. The molecule has 3 nitrogen and oxygen atoms in total. The first-order chi connectivity index (χ1) is 10.7. The zero-order chi connectivity index (χ0) is 15.4. The Morgan fingerprint density at radius 1 is 1.23 bits per heavy atom. The highest BCUT2D eigenvalue weighted by molar-refractivity contribution is 5.79. The van der Waals surface area contributed by atoms with E-state index in [1.165, 1.54) is 18.4 Å². The third kappa shape index (κ3) is 3.89. The van der Waals surface area contributed by atoms with E-state index in [1.807, 2.05) is 0 Å². The summed E-state index contributed by atoms with van der Waals surface area (Å²) >= 11 is 0. The molecule has 2 unspecified atom stereocenters. The Morgan fingerprint density at radius 2 is 2.05 bits per heavy atom. The van der Waals surface area contributed by atoms with Crippen LogP contribution in [0.25, 0.3) is 0 Å². The van der Waals surface area contributed by atoms with Gasteiger partial charge in [0.1, 0.15) is 0 Å². The minimum absolute atomic E-state index is 0.203. The molecule has 2 N–H and O–H groups in total. The van der Waals surface area contributed by atoms with Gasteiger partial charge in [0.25, 0.3) is 0 Å². The minimum Gasteiger partial charge on any atom is -0.353 e. The summed E-state index contributed by atoms with van der Waals surface area (Å²) in [6, 6.07) is 11.5. The number of hydrogen-bond donors (Lipinski definition) is 2. The summed E-state index contributed by atoms with van der Waals surface area (Å²) in [5.74, 6) is 1.10. The van der Waals surface area contributed by atoms with Gasteiger partial charge >= 0.3 is 0 Å². The number of nitrogens with one attached hydrogen (secondary N) is 2. The van der Waals surface area contributed by atoms with Crippen LogP contribution in [-0.4, -0.2) is 24.5 Å². The first kappa shape index (κ1) is 15.5. The van der Waals surface area contributed by atoms with Crippen molar-refractivity contribution >= 4 is 5.91 Å². The number of carbonyl (C=O) groups excluding carboxylic acids is 1. The number of carbonyl (C=O) groups is 1. The normalized spacial score (nSPS) is 31.9. The monoisotopic (exact) mass is 300 g/mol. The minimum atomic E-state index is 0.203. The quantitative estimate of drug-likeness (QED) is 0.897. The Bertz CT molecular complexity index is 487. The fourth-order valence-corrected chi connectivity index (χ4v) is 4.06. The zero-order valence-electron chi connectivity index (χ0n) is 13.6. The van der Waals surface area contributed by atoms with Crippen molar-refractivity contribution in [3.63, 3.8) is 0 Å². The lowest BCUT2D eigenvalue weighted by molar-refractivity contribution is -0.127. The van der Waals surface area contributed by atoms with Gasteiger partial charge in [0.15, 0.2) is 0 Å². The highest BCUT2D eigenvalue weighted by Crippen LogP contribution is 2.29. The van der Waals surface area contributed by atoms with Gasteiger partial charge in [-0.05, 0) is 57.1 Å². The zero-order valence-corrected chi connectivity index (χ0v) is 13.6. The van der Waals surface area contributed by atoms with E-state index in [2.05, 4.69) is 47.9 Å². The standard InChI is InChI=1S/C19H28N2O/c1-14-12-17(10-11-20-14)19(22)21-18-9-5-8-16(18)13-15-6-3-2-4-7-15/h2-4,6-7,14,16-18,20H,5,8-13H2,1H3,(H,21,22)/t14-,16?,17-,18?/m0/s1. The summed E-state index contributed by atoms with van der Waals surface area (Å²) in [6.45, 7) is 3.14. The summed E-state index contributed by atoms with van der Waals surface area (Å²) < 4.78 is 0. The van der Waals surface area contributed by atoms with Crippen LogP contribution < -0.4 is 10.6 Å². The Morgan fingerprint density at radius 3 is 2.82 bits per heavy atom. The van der Waals surface area contributed by atoms with Crippen LogP contribution in [0, 0.1) is 11.8 Å². The van der Waals surface area contributed by atoms with Crippen molar-refractivity contribution in [2.45, 2.75) is 57.5 Å². The molecule has 1 saturated heterocycles. The number of amides is 1. The van der Waals surface area contributed by atoms with Crippen LogP contribution in [0.4, 0.5) is 0 Å². The molecular weight excluding hydrogens is 272 g/mol. The second kappa shape index (κ2) is 7.28. The summed E-state index contributed by atoms with van der Waals surface area (Å²) in [5.41, 5.74) is 1.39. The lowest BCUT2D eigenvalue weighted by Gasteiger charge is -2.29. The second-order valence-corrected chi connectivity index (χ2v) is 7.07. The number of hydrogen-bond acceptors (Lipinski definition) is 2. The number of piperidine rings is 1. The van der Waals surface area contributed by atoms with Gasteiger partial charge in [-0.25, -0.2) is 0 Å². The molecule has 0 bridgehead atoms. The Labute approximate surface area is 133 Å². The van der Waals surface area contributed by atoms with E-state index >= 15 is 0 Å². The fourth-order valence-electron chi connectivity index (χ4n) is 4.06. The maximum atomic E-state index is 12.6. The topological polar surface area (TPSA) is 41.1 Å². The Balaban J connectivity index is 1.55. The molecule has 0 radical (unpaired) electrons. The van der Waals surface area contributed by atoms with Gasteiger partial charge in [0.05, 0.1) is 0 Å². The van der Waals surface area contributed by atoms with E-state index in [0.717, 1.165) is 32.2 Å². The van der Waals surface area contributed by atoms with Crippen molar-refractivity contribution in [3.05, 3.63) is 35.9 Å². The average molecular weight is 300 g/mol. The summed E-state index contributed by atoms with van der Waals surface area (Å²) in [6.07, 6.45) is 6.67. The van der Waals surface area contributed by atoms with E-state index in [1.54, 1.807) is 0 Å². The first-order valence-corrected chi connectivity index (χ1v) is 8.80. The van der Waals surface area contributed by atoms with Crippen molar-refractivity contribution in [1.29, 1.82) is 0 Å². The Kier molecular flexibility index (Phi) is 5.14. The molecular formula is C19H28N2O. The third-order valence-corrected chi connectivity index (χ3v) is 5.32. The van der Waals surface area contributed by atoms with Crippen LogP contribution in [0.5, 0.6) is 0 Å². The van der Waals surface area contributed by atoms with Crippen LogP contribution in [0.15, 0.2) is 30.3 Å². The molecule has 1 heterocycles. The molecule has 22 heavy (non-hydrogen) atoms. The molecule has 1 aromatic carbocycles. The molecule has 1 amide bonds. The molecule has 2 fully saturated rings. The molecule has 1 aliphatic carbocycles. The van der Waals surface area contributed by atoms with Crippen molar-refractivity contribution in [1.82, 2.24) is 10.6 Å². The van der Waals surface area contributed by atoms with Crippen LogP contribution in [0.2, 0.25) is 0 Å². The number of rotatable bonds is 4. The van der Waals surface area contributed by atoms with Crippen molar-refractivity contribution < 1.29 is 4.79 Å². The van der Waals surface area contributed by atoms with Gasteiger partial charge in [-0.1, -0.05) is 36.8 Å². The van der Waals surface area contributed by atoms with Crippen LogP contribution in [0.1, 0.15) is 44.6 Å². The van der Waals surface area contributed by atoms with Gasteiger partial charge in [-0.15, -0.1) is 0 Å².